The van der Waals surface area contributed by atoms with Crippen LogP contribution in [0.25, 0.3) is 0 Å². The largest absolute Gasteiger partial charge is 0.481 e. The molecule has 0 aromatic heterocycles. The van der Waals surface area contributed by atoms with Crippen molar-refractivity contribution in [2.75, 3.05) is 51.3 Å². The van der Waals surface area contributed by atoms with Crippen LogP contribution in [0.1, 0.15) is 70.5 Å². The molecule has 1 unspecified atom stereocenters. The third kappa shape index (κ3) is 11.1. The SMILES string of the molecule is C=CC(=O)OCC(C)(C)C(=O)C(=O)N1CCCCC1C(=O)O[C@H](CCCN1CCOCC1)c1cccc(NC(=O)CCC(=O)O)c1. The lowest BCUT2D eigenvalue weighted by molar-refractivity contribution is -0.165. The molecule has 3 rings (SSSR count). The number of ketones is 1. The summed E-state index contributed by atoms with van der Waals surface area (Å²) in [6.07, 6.45) is 2.52. The van der Waals surface area contributed by atoms with Crippen molar-refractivity contribution in [2.45, 2.75) is 70.9 Å². The number of Topliss-reactive ketones (excluding diaryl/α,β-unsaturated/α-hetero) is 1. The van der Waals surface area contributed by atoms with Gasteiger partial charge in [-0.3, -0.25) is 24.1 Å². The van der Waals surface area contributed by atoms with Gasteiger partial charge in [0.1, 0.15) is 18.8 Å². The van der Waals surface area contributed by atoms with E-state index < -0.39 is 53.1 Å². The van der Waals surface area contributed by atoms with Crippen LogP contribution >= 0.6 is 0 Å². The fourth-order valence-corrected chi connectivity index (χ4v) is 5.31. The van der Waals surface area contributed by atoms with Gasteiger partial charge in [0, 0.05) is 37.8 Å². The van der Waals surface area contributed by atoms with E-state index in [1.165, 1.54) is 18.7 Å². The average molecular weight is 644 g/mol. The number of carbonyl (C=O) groups excluding carboxylic acids is 5. The summed E-state index contributed by atoms with van der Waals surface area (Å²) in [7, 11) is 0. The fraction of sp³-hybridized carbons (Fsp3) is 0.576. The first-order chi connectivity index (χ1) is 21.9. The number of piperidine rings is 1. The highest BCUT2D eigenvalue weighted by atomic mass is 16.5. The number of nitrogens with one attached hydrogen (secondary N) is 1. The van der Waals surface area contributed by atoms with E-state index in [0.717, 1.165) is 25.7 Å². The maximum absolute atomic E-state index is 13.7. The summed E-state index contributed by atoms with van der Waals surface area (Å²) in [6, 6.07) is 5.86. The number of anilines is 1. The highest BCUT2D eigenvalue weighted by molar-refractivity contribution is 6.38. The molecule has 1 aromatic rings. The van der Waals surface area contributed by atoms with Crippen LogP contribution in [-0.2, 0) is 43.0 Å². The summed E-state index contributed by atoms with van der Waals surface area (Å²) in [5.41, 5.74) is -0.262. The van der Waals surface area contributed by atoms with Crippen molar-refractivity contribution in [3.05, 3.63) is 42.5 Å². The van der Waals surface area contributed by atoms with E-state index in [9.17, 15) is 28.8 Å². The van der Waals surface area contributed by atoms with Crippen molar-refractivity contribution in [3.63, 3.8) is 0 Å². The molecular weight excluding hydrogens is 598 g/mol. The topological polar surface area (TPSA) is 169 Å². The molecule has 2 amide bonds. The second kappa shape index (κ2) is 17.6. The minimum absolute atomic E-state index is 0.185. The predicted molar refractivity (Wildman–Crippen MR) is 167 cm³/mol. The Bertz CT molecular complexity index is 1270. The van der Waals surface area contributed by atoms with Gasteiger partial charge < -0.3 is 29.5 Å². The highest BCUT2D eigenvalue weighted by Crippen LogP contribution is 2.29. The number of nitrogens with zero attached hydrogens (tertiary/aromatic N) is 2. The van der Waals surface area contributed by atoms with Gasteiger partial charge in [0.2, 0.25) is 11.7 Å². The number of hydrogen-bond acceptors (Lipinski definition) is 10. The molecule has 2 heterocycles. The summed E-state index contributed by atoms with van der Waals surface area (Å²) < 4.78 is 16.5. The van der Waals surface area contributed by atoms with E-state index in [1.807, 2.05) is 0 Å². The van der Waals surface area contributed by atoms with Crippen LogP contribution < -0.4 is 5.32 Å². The predicted octanol–water partition coefficient (Wildman–Crippen LogP) is 2.89. The van der Waals surface area contributed by atoms with Crippen molar-refractivity contribution in [1.82, 2.24) is 9.80 Å². The third-order valence-corrected chi connectivity index (χ3v) is 8.00. The molecule has 0 spiro atoms. The molecule has 252 valence electrons. The smallest absolute Gasteiger partial charge is 0.330 e. The van der Waals surface area contributed by atoms with Crippen molar-refractivity contribution >= 4 is 41.2 Å². The van der Waals surface area contributed by atoms with E-state index in [0.29, 0.717) is 56.6 Å². The number of carboxylic acid groups (broad SMARTS) is 1. The van der Waals surface area contributed by atoms with E-state index in [2.05, 4.69) is 16.8 Å². The van der Waals surface area contributed by atoms with Gasteiger partial charge in [-0.05, 0) is 70.2 Å². The number of likely N-dealkylation sites (tertiary alicyclic amines) is 1. The van der Waals surface area contributed by atoms with E-state index in [-0.39, 0.29) is 26.0 Å². The van der Waals surface area contributed by atoms with Crippen molar-refractivity contribution in [1.29, 1.82) is 0 Å². The zero-order chi connectivity index (χ0) is 33.7. The second-order valence-corrected chi connectivity index (χ2v) is 12.1. The van der Waals surface area contributed by atoms with Crippen molar-refractivity contribution < 1.29 is 48.1 Å². The van der Waals surface area contributed by atoms with Gasteiger partial charge in [-0.25, -0.2) is 9.59 Å². The molecular formula is C33H45N3O10. The Balaban J connectivity index is 1.76. The quantitative estimate of drug-likeness (QED) is 0.154. The Morgan fingerprint density at radius 1 is 1.11 bits per heavy atom. The third-order valence-electron chi connectivity index (χ3n) is 8.00. The molecule has 1 aromatic carbocycles. The van der Waals surface area contributed by atoms with Crippen LogP contribution in [-0.4, -0.2) is 102 Å². The molecule has 13 nitrogen and oxygen atoms in total. The monoisotopic (exact) mass is 643 g/mol. The molecule has 2 aliphatic heterocycles. The summed E-state index contributed by atoms with van der Waals surface area (Å²) in [5.74, 6) is -4.49. The number of benzene rings is 1. The van der Waals surface area contributed by atoms with Crippen LogP contribution in [0, 0.1) is 5.41 Å². The Hall–Kier alpha value is -4.10. The molecule has 2 aliphatic rings. The molecule has 13 heteroatoms. The number of ether oxygens (including phenoxy) is 3. The Kier molecular flexibility index (Phi) is 13.9. The minimum Gasteiger partial charge on any atom is -0.481 e. The van der Waals surface area contributed by atoms with E-state index in [4.69, 9.17) is 19.3 Å². The van der Waals surface area contributed by atoms with Gasteiger partial charge in [0.25, 0.3) is 5.91 Å². The summed E-state index contributed by atoms with van der Waals surface area (Å²) in [5, 5.41) is 11.6. The fourth-order valence-electron chi connectivity index (χ4n) is 5.31. The van der Waals surface area contributed by atoms with Crippen LogP contribution in [0.15, 0.2) is 36.9 Å². The normalized spacial score (nSPS) is 17.8. The molecule has 0 bridgehead atoms. The summed E-state index contributed by atoms with van der Waals surface area (Å²) >= 11 is 0. The zero-order valence-corrected chi connectivity index (χ0v) is 26.7. The first-order valence-corrected chi connectivity index (χ1v) is 15.7. The van der Waals surface area contributed by atoms with Crippen molar-refractivity contribution in [2.24, 2.45) is 5.41 Å². The number of rotatable bonds is 16. The summed E-state index contributed by atoms with van der Waals surface area (Å²) in [4.78, 5) is 78.6. The van der Waals surface area contributed by atoms with Crippen LogP contribution in [0.3, 0.4) is 0 Å². The van der Waals surface area contributed by atoms with Gasteiger partial charge >= 0.3 is 17.9 Å². The van der Waals surface area contributed by atoms with Gasteiger partial charge in [0.05, 0.1) is 25.0 Å². The standard InChI is InChI=1S/C33H45N3O10/c1-4-29(40)45-22-33(2,3)30(41)31(42)36-16-6-5-11-25(36)32(43)46-26(12-8-15-35-17-19-44-20-18-35)23-9-7-10-24(21-23)34-27(37)13-14-28(38)39/h4,7,9-10,21,25-26H,1,5-6,8,11-20,22H2,2-3H3,(H,34,37)(H,38,39)/t25?,26-/m1/s1. The van der Waals surface area contributed by atoms with Gasteiger partial charge in [-0.1, -0.05) is 18.7 Å². The number of carboxylic acids is 1. The maximum Gasteiger partial charge on any atom is 0.330 e. The molecule has 0 saturated carbocycles. The van der Waals surface area contributed by atoms with Crippen LogP contribution in [0.4, 0.5) is 5.69 Å². The molecule has 2 fully saturated rings. The van der Waals surface area contributed by atoms with Crippen LogP contribution in [0.5, 0.6) is 0 Å². The summed E-state index contributed by atoms with van der Waals surface area (Å²) in [6.45, 7) is 9.88. The maximum atomic E-state index is 13.7. The molecule has 46 heavy (non-hydrogen) atoms. The molecule has 2 N–H and O–H groups in total. The second-order valence-electron chi connectivity index (χ2n) is 12.1. The number of carbonyl (C=O) groups is 6. The minimum atomic E-state index is -1.32. The highest BCUT2D eigenvalue weighted by Gasteiger charge is 2.42. The number of esters is 2. The molecule has 0 aliphatic carbocycles. The van der Waals surface area contributed by atoms with E-state index in [1.54, 1.807) is 24.3 Å². The first kappa shape index (κ1) is 36.4. The van der Waals surface area contributed by atoms with Gasteiger partial charge in [-0.15, -0.1) is 0 Å². The zero-order valence-electron chi connectivity index (χ0n) is 26.7. The van der Waals surface area contributed by atoms with Gasteiger partial charge in [-0.2, -0.15) is 0 Å². The molecule has 2 saturated heterocycles. The van der Waals surface area contributed by atoms with Crippen LogP contribution in [0.2, 0.25) is 0 Å². The molecule has 0 radical (unpaired) electrons. The number of aliphatic carboxylic acids is 1. The lowest BCUT2D eigenvalue weighted by atomic mass is 9.87. The number of morpholine rings is 1. The lowest BCUT2D eigenvalue weighted by Gasteiger charge is -2.36. The number of hydrogen-bond donors (Lipinski definition) is 2. The average Bonchev–Trinajstić information content (AvgIpc) is 3.05. The Morgan fingerprint density at radius 2 is 1.85 bits per heavy atom. The number of amides is 2. The Labute approximate surface area is 269 Å². The van der Waals surface area contributed by atoms with Crippen molar-refractivity contribution in [3.8, 4) is 0 Å². The Morgan fingerprint density at radius 3 is 2.54 bits per heavy atom. The first-order valence-electron chi connectivity index (χ1n) is 15.7. The van der Waals surface area contributed by atoms with E-state index >= 15 is 0 Å². The molecule has 2 atom stereocenters. The lowest BCUT2D eigenvalue weighted by Crippen LogP contribution is -2.53. The van der Waals surface area contributed by atoms with Gasteiger partial charge in [0.15, 0.2) is 0 Å².